The molecule has 0 saturated heterocycles. The van der Waals surface area contributed by atoms with Crippen LogP contribution in [0.3, 0.4) is 0 Å². The lowest BCUT2D eigenvalue weighted by Crippen LogP contribution is -2.34. The maximum atomic E-state index is 12.4. The fourth-order valence-corrected chi connectivity index (χ4v) is 2.90. The van der Waals surface area contributed by atoms with Gasteiger partial charge in [0.25, 0.3) is 5.91 Å². The molecule has 0 aliphatic rings. The van der Waals surface area contributed by atoms with E-state index in [-0.39, 0.29) is 17.1 Å². The van der Waals surface area contributed by atoms with Crippen LogP contribution in [0.2, 0.25) is 0 Å². The lowest BCUT2D eigenvalue weighted by atomic mass is 10.1. The van der Waals surface area contributed by atoms with Crippen molar-refractivity contribution in [3.63, 3.8) is 0 Å². The van der Waals surface area contributed by atoms with E-state index in [2.05, 4.69) is 40.1 Å². The second-order valence-corrected chi connectivity index (χ2v) is 7.68. The Balaban J connectivity index is 2.03. The monoisotopic (exact) mass is 482 g/mol. The molecule has 0 aliphatic heterocycles. The largest absolute Gasteiger partial charge is 0.491 e. The number of aryl methyl sites for hydroxylation is 2. The highest BCUT2D eigenvalue weighted by Crippen LogP contribution is 2.21. The standard InChI is InChI=1S/C20H23IN2O2S/c1-5-14(4)25-17-8-6-7-15(11-17)19(24)23-20(26)22-16-9-12(2)18(21)13(3)10-16/h6-11,14H,5H2,1-4H3,(H2,22,23,24,26). The highest BCUT2D eigenvalue weighted by molar-refractivity contribution is 14.1. The van der Waals surface area contributed by atoms with Crippen molar-refractivity contribution in [2.24, 2.45) is 0 Å². The number of anilines is 1. The molecule has 6 heteroatoms. The first-order valence-corrected chi connectivity index (χ1v) is 9.94. The maximum absolute atomic E-state index is 12.4. The molecule has 2 aromatic rings. The number of hydrogen-bond donors (Lipinski definition) is 2. The molecule has 1 atom stereocenters. The van der Waals surface area contributed by atoms with Crippen molar-refractivity contribution in [3.05, 3.63) is 56.7 Å². The van der Waals surface area contributed by atoms with Crippen molar-refractivity contribution in [2.75, 3.05) is 5.32 Å². The topological polar surface area (TPSA) is 50.4 Å². The van der Waals surface area contributed by atoms with Gasteiger partial charge in [0, 0.05) is 14.8 Å². The van der Waals surface area contributed by atoms with E-state index in [1.54, 1.807) is 18.2 Å². The number of nitrogens with one attached hydrogen (secondary N) is 2. The molecule has 0 bridgehead atoms. The molecule has 2 N–H and O–H groups in total. The fraction of sp³-hybridized carbons (Fsp3) is 0.300. The first-order chi connectivity index (χ1) is 12.3. The minimum atomic E-state index is -0.268. The molecule has 2 aromatic carbocycles. The van der Waals surface area contributed by atoms with Crippen LogP contribution in [0.4, 0.5) is 5.69 Å². The molecule has 26 heavy (non-hydrogen) atoms. The summed E-state index contributed by atoms with van der Waals surface area (Å²) in [6.45, 7) is 8.14. The van der Waals surface area contributed by atoms with Gasteiger partial charge in [0.05, 0.1) is 6.10 Å². The van der Waals surface area contributed by atoms with Crippen LogP contribution in [-0.4, -0.2) is 17.1 Å². The van der Waals surface area contributed by atoms with Crippen molar-refractivity contribution in [3.8, 4) is 5.75 Å². The molecule has 0 radical (unpaired) electrons. The van der Waals surface area contributed by atoms with E-state index in [9.17, 15) is 4.79 Å². The average Bonchev–Trinajstić information content (AvgIpc) is 2.59. The van der Waals surface area contributed by atoms with Crippen LogP contribution in [-0.2, 0) is 0 Å². The van der Waals surface area contributed by atoms with Crippen molar-refractivity contribution >= 4 is 51.5 Å². The summed E-state index contributed by atoms with van der Waals surface area (Å²) in [4.78, 5) is 12.4. The quantitative estimate of drug-likeness (QED) is 0.454. The molecule has 0 spiro atoms. The van der Waals surface area contributed by atoms with E-state index in [1.165, 1.54) is 3.57 Å². The summed E-state index contributed by atoms with van der Waals surface area (Å²) in [6.07, 6.45) is 1.00. The molecule has 1 amide bonds. The number of ether oxygens (including phenoxy) is 1. The number of amides is 1. The molecule has 138 valence electrons. The number of benzene rings is 2. The number of rotatable bonds is 5. The van der Waals surface area contributed by atoms with Gasteiger partial charge in [-0.15, -0.1) is 0 Å². The van der Waals surface area contributed by atoms with Gasteiger partial charge in [0.1, 0.15) is 5.75 Å². The molecule has 0 aliphatic carbocycles. The van der Waals surface area contributed by atoms with Crippen LogP contribution in [0.25, 0.3) is 0 Å². The Kier molecular flexibility index (Phi) is 7.40. The van der Waals surface area contributed by atoms with E-state index >= 15 is 0 Å². The maximum Gasteiger partial charge on any atom is 0.257 e. The lowest BCUT2D eigenvalue weighted by molar-refractivity contribution is 0.0977. The minimum absolute atomic E-state index is 0.100. The zero-order valence-electron chi connectivity index (χ0n) is 15.4. The summed E-state index contributed by atoms with van der Waals surface area (Å²) in [5, 5.41) is 6.06. The molecule has 4 nitrogen and oxygen atoms in total. The molecule has 2 rings (SSSR count). The first-order valence-electron chi connectivity index (χ1n) is 8.46. The van der Waals surface area contributed by atoms with Gasteiger partial charge in [-0.3, -0.25) is 10.1 Å². The third-order valence-corrected chi connectivity index (χ3v) is 5.84. The van der Waals surface area contributed by atoms with E-state index in [0.717, 1.165) is 23.2 Å². The summed E-state index contributed by atoms with van der Waals surface area (Å²) in [7, 11) is 0. The minimum Gasteiger partial charge on any atom is -0.491 e. The number of halogens is 1. The molecule has 0 saturated carbocycles. The van der Waals surface area contributed by atoms with E-state index in [4.69, 9.17) is 17.0 Å². The van der Waals surface area contributed by atoms with Crippen LogP contribution >= 0.6 is 34.8 Å². The third kappa shape index (κ3) is 5.67. The van der Waals surface area contributed by atoms with Crippen LogP contribution in [0, 0.1) is 17.4 Å². The van der Waals surface area contributed by atoms with Gasteiger partial charge in [0.2, 0.25) is 0 Å². The fourth-order valence-electron chi connectivity index (χ4n) is 2.38. The van der Waals surface area contributed by atoms with Crippen molar-refractivity contribution in [1.82, 2.24) is 5.32 Å². The summed E-state index contributed by atoms with van der Waals surface area (Å²) in [6, 6.07) is 11.1. The van der Waals surface area contributed by atoms with Gasteiger partial charge in [-0.25, -0.2) is 0 Å². The van der Waals surface area contributed by atoms with Gasteiger partial charge in [0.15, 0.2) is 5.11 Å². The number of thiocarbonyl (C=S) groups is 1. The Bertz CT molecular complexity index is 800. The second kappa shape index (κ2) is 9.32. The zero-order chi connectivity index (χ0) is 19.3. The number of hydrogen-bond acceptors (Lipinski definition) is 3. The molecular formula is C20H23IN2O2S. The van der Waals surface area contributed by atoms with Crippen molar-refractivity contribution in [2.45, 2.75) is 40.2 Å². The van der Waals surface area contributed by atoms with Crippen LogP contribution in [0.5, 0.6) is 5.75 Å². The van der Waals surface area contributed by atoms with Crippen molar-refractivity contribution in [1.29, 1.82) is 0 Å². The van der Waals surface area contributed by atoms with Crippen molar-refractivity contribution < 1.29 is 9.53 Å². The Hall–Kier alpha value is -1.67. The van der Waals surface area contributed by atoms with Gasteiger partial charge >= 0.3 is 0 Å². The van der Waals surface area contributed by atoms with E-state index in [0.29, 0.717) is 11.3 Å². The van der Waals surface area contributed by atoms with E-state index in [1.807, 2.05) is 39.0 Å². The normalized spacial score (nSPS) is 11.6. The Morgan fingerprint density at radius 1 is 1.23 bits per heavy atom. The lowest BCUT2D eigenvalue weighted by Gasteiger charge is -2.14. The Labute approximate surface area is 173 Å². The summed E-state index contributed by atoms with van der Waals surface area (Å²) in [5.41, 5.74) is 3.69. The predicted octanol–water partition coefficient (Wildman–Crippen LogP) is 5.21. The highest BCUT2D eigenvalue weighted by atomic mass is 127. The zero-order valence-corrected chi connectivity index (χ0v) is 18.3. The number of carbonyl (C=O) groups excluding carboxylic acids is 1. The molecule has 0 fully saturated rings. The third-order valence-electron chi connectivity index (χ3n) is 3.93. The van der Waals surface area contributed by atoms with Crippen LogP contribution in [0.15, 0.2) is 36.4 Å². The average molecular weight is 482 g/mol. The van der Waals surface area contributed by atoms with E-state index < -0.39 is 0 Å². The number of carbonyl (C=O) groups is 1. The molecular weight excluding hydrogens is 459 g/mol. The summed E-state index contributed by atoms with van der Waals surface area (Å²) in [5.74, 6) is 0.408. The molecule has 0 aromatic heterocycles. The highest BCUT2D eigenvalue weighted by Gasteiger charge is 2.11. The smallest absolute Gasteiger partial charge is 0.257 e. The summed E-state index contributed by atoms with van der Waals surface area (Å²) < 4.78 is 6.99. The Morgan fingerprint density at radius 3 is 2.50 bits per heavy atom. The van der Waals surface area contributed by atoms with Crippen LogP contribution in [0.1, 0.15) is 41.8 Å². The molecule has 1 unspecified atom stereocenters. The second-order valence-electron chi connectivity index (χ2n) is 6.20. The SMILES string of the molecule is CCC(C)Oc1cccc(C(=O)NC(=S)Nc2cc(C)c(I)c(C)c2)c1. The van der Waals surface area contributed by atoms with Gasteiger partial charge in [-0.2, -0.15) is 0 Å². The summed E-state index contributed by atoms with van der Waals surface area (Å²) >= 11 is 7.60. The van der Waals surface area contributed by atoms with Crippen LogP contribution < -0.4 is 15.4 Å². The van der Waals surface area contributed by atoms with Gasteiger partial charge in [-0.1, -0.05) is 13.0 Å². The predicted molar refractivity (Wildman–Crippen MR) is 119 cm³/mol. The first kappa shape index (κ1) is 20.6. The molecule has 0 heterocycles. The van der Waals surface area contributed by atoms with Gasteiger partial charge in [-0.05, 0) is 103 Å². The Morgan fingerprint density at radius 2 is 1.88 bits per heavy atom. The van der Waals surface area contributed by atoms with Gasteiger partial charge < -0.3 is 10.1 Å².